The van der Waals surface area contributed by atoms with Crippen molar-refractivity contribution in [2.45, 2.75) is 18.0 Å². The highest BCUT2D eigenvalue weighted by molar-refractivity contribution is 7.89. The first-order valence-corrected chi connectivity index (χ1v) is 10.3. The monoisotopic (exact) mass is 420 g/mol. The van der Waals surface area contributed by atoms with Gasteiger partial charge in [0.2, 0.25) is 10.0 Å². The van der Waals surface area contributed by atoms with Crippen LogP contribution in [0.25, 0.3) is 0 Å². The molecule has 4 rings (SSSR count). The van der Waals surface area contributed by atoms with E-state index < -0.39 is 10.0 Å². The standard InChI is InChI=1S/C19H14Cl2N2O3S/c20-17-4-1-5-18(21)16(17)12-23-11-13-9-14(6-7-19(13)27(23,24)25)26-15-3-2-8-22-10-15/h1-10H,11-12H2. The van der Waals surface area contributed by atoms with Crippen LogP contribution in [0.2, 0.25) is 10.0 Å². The van der Waals surface area contributed by atoms with Gasteiger partial charge in [-0.1, -0.05) is 29.3 Å². The van der Waals surface area contributed by atoms with E-state index in [0.29, 0.717) is 32.7 Å². The van der Waals surface area contributed by atoms with Crippen molar-refractivity contribution in [3.8, 4) is 11.5 Å². The van der Waals surface area contributed by atoms with Crippen molar-refractivity contribution in [1.82, 2.24) is 9.29 Å². The lowest BCUT2D eigenvalue weighted by Gasteiger charge is -2.16. The van der Waals surface area contributed by atoms with Crippen molar-refractivity contribution in [3.05, 3.63) is 82.1 Å². The van der Waals surface area contributed by atoms with Gasteiger partial charge >= 0.3 is 0 Å². The molecular weight excluding hydrogens is 407 g/mol. The number of hydrogen-bond acceptors (Lipinski definition) is 4. The first kappa shape index (κ1) is 18.3. The fraction of sp³-hybridized carbons (Fsp3) is 0.105. The second kappa shape index (κ2) is 7.13. The third-order valence-corrected chi connectivity index (χ3v) is 6.86. The molecule has 5 nitrogen and oxygen atoms in total. The Labute approximate surface area is 167 Å². The summed E-state index contributed by atoms with van der Waals surface area (Å²) in [7, 11) is -3.62. The molecule has 0 fully saturated rings. The summed E-state index contributed by atoms with van der Waals surface area (Å²) in [4.78, 5) is 4.27. The molecule has 0 saturated carbocycles. The van der Waals surface area contributed by atoms with Crippen LogP contribution in [0.4, 0.5) is 0 Å². The first-order valence-electron chi connectivity index (χ1n) is 8.09. The maximum atomic E-state index is 12.9. The van der Waals surface area contributed by atoms with Crippen molar-refractivity contribution in [2.24, 2.45) is 0 Å². The summed E-state index contributed by atoms with van der Waals surface area (Å²) < 4.78 is 32.8. The average molecular weight is 421 g/mol. The Morgan fingerprint density at radius 1 is 1.04 bits per heavy atom. The van der Waals surface area contributed by atoms with Crippen molar-refractivity contribution >= 4 is 33.2 Å². The summed E-state index contributed by atoms with van der Waals surface area (Å²) in [5, 5.41) is 0.878. The molecule has 0 unspecified atom stereocenters. The lowest BCUT2D eigenvalue weighted by molar-refractivity contribution is 0.419. The zero-order valence-electron chi connectivity index (χ0n) is 14.0. The average Bonchev–Trinajstić information content (AvgIpc) is 2.89. The van der Waals surface area contributed by atoms with E-state index in [-0.39, 0.29) is 18.0 Å². The Hall–Kier alpha value is -2.12. The van der Waals surface area contributed by atoms with Crippen molar-refractivity contribution in [1.29, 1.82) is 0 Å². The number of nitrogens with zero attached hydrogens (tertiary/aromatic N) is 2. The lowest BCUT2D eigenvalue weighted by Crippen LogP contribution is -2.24. The molecule has 0 spiro atoms. The summed E-state index contributed by atoms with van der Waals surface area (Å²) in [5.74, 6) is 1.13. The van der Waals surface area contributed by atoms with Gasteiger partial charge in [0.25, 0.3) is 0 Å². The maximum Gasteiger partial charge on any atom is 0.244 e. The Morgan fingerprint density at radius 2 is 1.81 bits per heavy atom. The normalized spacial score (nSPS) is 15.5. The summed E-state index contributed by atoms with van der Waals surface area (Å²) in [6.07, 6.45) is 3.25. The number of benzene rings is 2. The molecule has 0 N–H and O–H groups in total. The third kappa shape index (κ3) is 3.53. The van der Waals surface area contributed by atoms with Crippen LogP contribution in [0.3, 0.4) is 0 Å². The number of fused-ring (bicyclic) bond motifs is 1. The molecule has 138 valence electrons. The highest BCUT2D eigenvalue weighted by Crippen LogP contribution is 2.36. The predicted octanol–water partition coefficient (Wildman–Crippen LogP) is 4.89. The summed E-state index contributed by atoms with van der Waals surface area (Å²) >= 11 is 12.4. The highest BCUT2D eigenvalue weighted by Gasteiger charge is 2.35. The molecule has 1 aromatic heterocycles. The van der Waals surface area contributed by atoms with Gasteiger partial charge in [-0.05, 0) is 48.0 Å². The van der Waals surface area contributed by atoms with Gasteiger partial charge < -0.3 is 4.74 Å². The van der Waals surface area contributed by atoms with Gasteiger partial charge in [0, 0.05) is 34.9 Å². The minimum atomic E-state index is -3.62. The van der Waals surface area contributed by atoms with Crippen molar-refractivity contribution in [3.63, 3.8) is 0 Å². The number of rotatable bonds is 4. The Morgan fingerprint density at radius 3 is 2.52 bits per heavy atom. The van der Waals surface area contributed by atoms with Crippen LogP contribution >= 0.6 is 23.2 Å². The molecular formula is C19H14Cl2N2O3S. The Kier molecular flexibility index (Phi) is 4.82. The molecule has 2 heterocycles. The van der Waals surface area contributed by atoms with Crippen molar-refractivity contribution < 1.29 is 13.2 Å². The fourth-order valence-corrected chi connectivity index (χ4v) is 5.05. The molecule has 0 radical (unpaired) electrons. The predicted molar refractivity (Wildman–Crippen MR) is 104 cm³/mol. The molecule has 2 aromatic carbocycles. The number of halogens is 2. The number of sulfonamides is 1. The molecule has 1 aliphatic heterocycles. The Balaban J connectivity index is 1.62. The van der Waals surface area contributed by atoms with Crippen LogP contribution < -0.4 is 4.74 Å². The number of aromatic nitrogens is 1. The summed E-state index contributed by atoms with van der Waals surface area (Å²) in [6, 6.07) is 13.6. The number of pyridine rings is 1. The largest absolute Gasteiger partial charge is 0.456 e. The highest BCUT2D eigenvalue weighted by atomic mass is 35.5. The van der Waals surface area contributed by atoms with Crippen LogP contribution in [0.1, 0.15) is 11.1 Å². The second-order valence-electron chi connectivity index (χ2n) is 6.03. The minimum Gasteiger partial charge on any atom is -0.456 e. The van der Waals surface area contributed by atoms with Crippen LogP contribution in [0.15, 0.2) is 65.8 Å². The zero-order chi connectivity index (χ0) is 19.0. The smallest absolute Gasteiger partial charge is 0.244 e. The summed E-state index contributed by atoms with van der Waals surface area (Å²) in [5.41, 5.74) is 1.25. The Bertz CT molecular complexity index is 1080. The molecule has 3 aromatic rings. The number of ether oxygens (including phenoxy) is 1. The van der Waals surface area contributed by atoms with Crippen LogP contribution in [-0.4, -0.2) is 17.7 Å². The molecule has 0 bridgehead atoms. The van der Waals surface area contributed by atoms with E-state index in [1.54, 1.807) is 60.9 Å². The van der Waals surface area contributed by atoms with Crippen LogP contribution in [0.5, 0.6) is 11.5 Å². The maximum absolute atomic E-state index is 12.9. The van der Waals surface area contributed by atoms with E-state index >= 15 is 0 Å². The minimum absolute atomic E-state index is 0.105. The van der Waals surface area contributed by atoms with Crippen LogP contribution in [-0.2, 0) is 23.1 Å². The lowest BCUT2D eigenvalue weighted by atomic mass is 10.2. The molecule has 0 saturated heterocycles. The molecule has 0 amide bonds. The van der Waals surface area contributed by atoms with Gasteiger partial charge in [-0.25, -0.2) is 8.42 Å². The second-order valence-corrected chi connectivity index (χ2v) is 8.75. The molecule has 27 heavy (non-hydrogen) atoms. The van der Waals surface area contributed by atoms with Gasteiger partial charge in [-0.3, -0.25) is 4.98 Å². The third-order valence-electron chi connectivity index (χ3n) is 4.26. The first-order chi connectivity index (χ1) is 12.9. The number of hydrogen-bond donors (Lipinski definition) is 0. The van der Waals surface area contributed by atoms with E-state index in [1.807, 2.05) is 0 Å². The molecule has 0 aliphatic carbocycles. The van der Waals surface area contributed by atoms with Gasteiger partial charge in [-0.2, -0.15) is 4.31 Å². The van der Waals surface area contributed by atoms with Gasteiger partial charge in [0.15, 0.2) is 0 Å². The SMILES string of the molecule is O=S1(=O)c2ccc(Oc3cccnc3)cc2CN1Cc1c(Cl)cccc1Cl. The molecule has 1 aliphatic rings. The van der Waals surface area contributed by atoms with E-state index in [4.69, 9.17) is 27.9 Å². The van der Waals surface area contributed by atoms with Gasteiger partial charge in [0.1, 0.15) is 11.5 Å². The van der Waals surface area contributed by atoms with E-state index in [0.717, 1.165) is 0 Å². The van der Waals surface area contributed by atoms with Crippen LogP contribution in [0, 0.1) is 0 Å². The molecule has 8 heteroatoms. The fourth-order valence-electron chi connectivity index (χ4n) is 2.95. The molecule has 0 atom stereocenters. The van der Waals surface area contributed by atoms with E-state index in [9.17, 15) is 8.42 Å². The quantitative estimate of drug-likeness (QED) is 0.602. The van der Waals surface area contributed by atoms with E-state index in [2.05, 4.69) is 4.98 Å². The van der Waals surface area contributed by atoms with Gasteiger partial charge in [0.05, 0.1) is 11.1 Å². The van der Waals surface area contributed by atoms with E-state index in [1.165, 1.54) is 4.31 Å². The zero-order valence-corrected chi connectivity index (χ0v) is 16.3. The summed E-state index contributed by atoms with van der Waals surface area (Å²) in [6.45, 7) is 0.331. The van der Waals surface area contributed by atoms with Crippen molar-refractivity contribution in [2.75, 3.05) is 0 Å². The van der Waals surface area contributed by atoms with Gasteiger partial charge in [-0.15, -0.1) is 0 Å². The topological polar surface area (TPSA) is 59.5 Å².